The van der Waals surface area contributed by atoms with Gasteiger partial charge in [0, 0.05) is 29.6 Å². The van der Waals surface area contributed by atoms with Crippen molar-refractivity contribution < 1.29 is 33.7 Å². The van der Waals surface area contributed by atoms with Crippen LogP contribution in [0.25, 0.3) is 0 Å². The van der Waals surface area contributed by atoms with Gasteiger partial charge in [-0.25, -0.2) is 14.6 Å². The molecule has 0 spiro atoms. The Morgan fingerprint density at radius 2 is 1.84 bits per heavy atom. The zero-order valence-electron chi connectivity index (χ0n) is 18.7. The Labute approximate surface area is 192 Å². The first-order valence-corrected chi connectivity index (χ1v) is 11.4. The van der Waals surface area contributed by atoms with Crippen LogP contribution in [0.3, 0.4) is 0 Å². The van der Waals surface area contributed by atoms with Crippen LogP contribution in [0.5, 0.6) is 0 Å². The molecule has 1 aromatic carbocycles. The quantitative estimate of drug-likeness (QED) is 0.0875. The molecule has 0 N–H and O–H groups in total. The predicted octanol–water partition coefficient (Wildman–Crippen LogP) is 2.44. The van der Waals surface area contributed by atoms with Crippen LogP contribution < -0.4 is 0 Å². The van der Waals surface area contributed by atoms with E-state index in [1.807, 2.05) is 30.5 Å². The van der Waals surface area contributed by atoms with Crippen LogP contribution in [0.15, 0.2) is 47.0 Å². The van der Waals surface area contributed by atoms with Gasteiger partial charge in [-0.1, -0.05) is 18.7 Å². The van der Waals surface area contributed by atoms with Crippen LogP contribution in [0.2, 0.25) is 0 Å². The van der Waals surface area contributed by atoms with Crippen molar-refractivity contribution in [1.82, 2.24) is 4.90 Å². The van der Waals surface area contributed by atoms with Crippen molar-refractivity contribution >= 4 is 29.4 Å². The van der Waals surface area contributed by atoms with Crippen LogP contribution in [-0.4, -0.2) is 80.5 Å². The maximum atomic E-state index is 11.7. The lowest BCUT2D eigenvalue weighted by molar-refractivity contribution is -0.294. The second-order valence-electron chi connectivity index (χ2n) is 7.26. The summed E-state index contributed by atoms with van der Waals surface area (Å²) in [4.78, 5) is 36.0. The van der Waals surface area contributed by atoms with Gasteiger partial charge in [0.15, 0.2) is 6.61 Å². The number of ether oxygens (including phenoxy) is 3. The third-order valence-electron chi connectivity index (χ3n) is 4.86. The van der Waals surface area contributed by atoms with Gasteiger partial charge in [-0.15, -0.1) is 11.8 Å². The summed E-state index contributed by atoms with van der Waals surface area (Å²) in [5.74, 6) is -1.26. The van der Waals surface area contributed by atoms with Crippen molar-refractivity contribution in [1.29, 1.82) is 0 Å². The lowest BCUT2D eigenvalue weighted by Crippen LogP contribution is -2.54. The van der Waals surface area contributed by atoms with Crippen molar-refractivity contribution in [3.63, 3.8) is 0 Å². The number of nitrogens with zero attached hydrogens (tertiary/aromatic N) is 2. The van der Waals surface area contributed by atoms with Gasteiger partial charge in [0.2, 0.25) is 0 Å². The molecule has 1 fully saturated rings. The van der Waals surface area contributed by atoms with Gasteiger partial charge in [0.05, 0.1) is 18.8 Å². The minimum Gasteiger partial charge on any atom is -0.460 e. The highest BCUT2D eigenvalue weighted by Crippen LogP contribution is 2.25. The Kier molecular flexibility index (Phi) is 10.7. The van der Waals surface area contributed by atoms with Crippen LogP contribution in [-0.2, 0) is 33.7 Å². The normalized spacial score (nSPS) is 15.2. The number of esters is 2. The molecule has 1 aliphatic heterocycles. The largest absolute Gasteiger partial charge is 0.460 e. The summed E-state index contributed by atoms with van der Waals surface area (Å²) >= 11 is 1.65. The minimum absolute atomic E-state index is 0.0699. The Morgan fingerprint density at radius 1 is 1.19 bits per heavy atom. The number of morpholine rings is 1. The summed E-state index contributed by atoms with van der Waals surface area (Å²) in [7, 11) is 0. The number of rotatable bonds is 12. The molecule has 1 saturated heterocycles. The Bertz CT molecular complexity index is 790. The fourth-order valence-electron chi connectivity index (χ4n) is 3.08. The monoisotopic (exact) mass is 466 g/mol. The van der Waals surface area contributed by atoms with E-state index in [0.29, 0.717) is 18.9 Å². The summed E-state index contributed by atoms with van der Waals surface area (Å²) < 4.78 is 15.1. The molecule has 10 heteroatoms. The molecule has 176 valence electrons. The predicted molar refractivity (Wildman–Crippen MR) is 120 cm³/mol. The smallest absolute Gasteiger partial charge is 0.336 e. The molecule has 0 aliphatic carbocycles. The van der Waals surface area contributed by atoms with Crippen molar-refractivity contribution in [2.24, 2.45) is 5.16 Å². The SMILES string of the molecule is C=CC(=O)OCCOC(=O)COO/N=C(/c1ccc(SC)cc1)C(C)(C)N1CCOCC1. The molecule has 1 aromatic rings. The van der Waals surface area contributed by atoms with Crippen molar-refractivity contribution in [2.75, 3.05) is 52.4 Å². The molecular formula is C22H30N2O7S. The third-order valence-corrected chi connectivity index (χ3v) is 5.60. The van der Waals surface area contributed by atoms with Gasteiger partial charge in [-0.05, 0) is 37.4 Å². The Hall–Kier alpha value is -2.40. The second kappa shape index (κ2) is 13.2. The Balaban J connectivity index is 1.98. The Morgan fingerprint density at radius 3 is 2.47 bits per heavy atom. The van der Waals surface area contributed by atoms with Gasteiger partial charge < -0.3 is 14.2 Å². The molecule has 0 saturated carbocycles. The van der Waals surface area contributed by atoms with Gasteiger partial charge in [0.1, 0.15) is 18.9 Å². The minimum atomic E-state index is -0.673. The number of carbonyl (C=O) groups is 2. The molecule has 0 bridgehead atoms. The zero-order valence-corrected chi connectivity index (χ0v) is 19.5. The van der Waals surface area contributed by atoms with Crippen molar-refractivity contribution in [3.05, 3.63) is 42.5 Å². The van der Waals surface area contributed by atoms with E-state index in [9.17, 15) is 9.59 Å². The summed E-state index contributed by atoms with van der Waals surface area (Å²) in [6, 6.07) is 7.99. The fraction of sp³-hybridized carbons (Fsp3) is 0.500. The number of thioether (sulfide) groups is 1. The molecular weight excluding hydrogens is 436 g/mol. The highest BCUT2D eigenvalue weighted by atomic mass is 32.2. The van der Waals surface area contributed by atoms with Gasteiger partial charge in [-0.3, -0.25) is 4.90 Å². The third kappa shape index (κ3) is 7.94. The molecule has 9 nitrogen and oxygen atoms in total. The molecule has 0 amide bonds. The number of benzene rings is 1. The number of carbonyl (C=O) groups excluding carboxylic acids is 2. The average Bonchev–Trinajstić information content (AvgIpc) is 2.82. The van der Waals surface area contributed by atoms with E-state index in [-0.39, 0.29) is 13.2 Å². The molecule has 0 aromatic heterocycles. The summed E-state index contributed by atoms with van der Waals surface area (Å²) in [6.45, 7) is 9.58. The van der Waals surface area contributed by atoms with Crippen LogP contribution in [0.1, 0.15) is 19.4 Å². The molecule has 1 heterocycles. The van der Waals surface area contributed by atoms with Crippen molar-refractivity contribution in [2.45, 2.75) is 24.3 Å². The number of oxime groups is 1. The topological polar surface area (TPSA) is 95.9 Å². The number of hydrogen-bond acceptors (Lipinski definition) is 10. The molecule has 2 rings (SSSR count). The van der Waals surface area contributed by atoms with E-state index in [2.05, 4.69) is 30.5 Å². The van der Waals surface area contributed by atoms with E-state index in [1.165, 1.54) is 0 Å². The molecule has 0 radical (unpaired) electrons. The van der Waals surface area contributed by atoms with Gasteiger partial charge in [0.25, 0.3) is 0 Å². The maximum absolute atomic E-state index is 11.7. The lowest BCUT2D eigenvalue weighted by Gasteiger charge is -2.41. The fourth-order valence-corrected chi connectivity index (χ4v) is 3.48. The first-order valence-electron chi connectivity index (χ1n) is 10.2. The van der Waals surface area contributed by atoms with E-state index in [0.717, 1.165) is 29.6 Å². The average molecular weight is 467 g/mol. The molecule has 32 heavy (non-hydrogen) atoms. The standard InChI is InChI=1S/C22H30N2O7S/c1-5-19(25)28-14-15-29-20(26)16-30-31-23-21(17-6-8-18(32-4)9-7-17)22(2,3)24-10-12-27-13-11-24/h5-9H,1,10-16H2,2-4H3/b23-21-. The highest BCUT2D eigenvalue weighted by molar-refractivity contribution is 7.98. The van der Waals surface area contributed by atoms with Crippen LogP contribution in [0.4, 0.5) is 0 Å². The van der Waals surface area contributed by atoms with E-state index >= 15 is 0 Å². The van der Waals surface area contributed by atoms with Gasteiger partial charge in [-0.2, -0.15) is 4.89 Å². The molecule has 0 atom stereocenters. The van der Waals surface area contributed by atoms with Crippen LogP contribution in [0, 0.1) is 0 Å². The second-order valence-corrected chi connectivity index (χ2v) is 8.14. The lowest BCUT2D eigenvalue weighted by atomic mass is 9.90. The zero-order chi connectivity index (χ0) is 23.4. The van der Waals surface area contributed by atoms with E-state index in [1.54, 1.807) is 11.8 Å². The molecule has 0 unspecified atom stereocenters. The van der Waals surface area contributed by atoms with Gasteiger partial charge >= 0.3 is 11.9 Å². The van der Waals surface area contributed by atoms with E-state index < -0.39 is 24.1 Å². The highest BCUT2D eigenvalue weighted by Gasteiger charge is 2.35. The summed E-state index contributed by atoms with van der Waals surface area (Å²) in [5.41, 5.74) is 1.08. The maximum Gasteiger partial charge on any atom is 0.336 e. The summed E-state index contributed by atoms with van der Waals surface area (Å²) in [6.07, 6.45) is 3.04. The first-order chi connectivity index (χ1) is 15.4. The first kappa shape index (κ1) is 25.9. The van der Waals surface area contributed by atoms with Crippen LogP contribution >= 0.6 is 11.8 Å². The van der Waals surface area contributed by atoms with Crippen molar-refractivity contribution in [3.8, 4) is 0 Å². The summed E-state index contributed by atoms with van der Waals surface area (Å²) in [5, 5.41) is 4.22. The van der Waals surface area contributed by atoms with E-state index in [4.69, 9.17) is 24.1 Å². The number of hydrogen-bond donors (Lipinski definition) is 0. The molecule has 1 aliphatic rings.